The number of nitrogens with one attached hydrogen (secondary N) is 1. The maximum absolute atomic E-state index is 12.1. The standard InChI is InChI=1S/C18H34N4O3/c1-5-19-18(20-12-9-16(23)21(6-2)7-3)22-13-10-15(11-14-22)17(24)25-8-4/h15H,5-14H2,1-4H3,(H,19,20). The van der Waals surface area contributed by atoms with E-state index in [0.717, 1.165) is 51.5 Å². The van der Waals surface area contributed by atoms with Gasteiger partial charge in [-0.1, -0.05) is 0 Å². The molecule has 1 aliphatic heterocycles. The summed E-state index contributed by atoms with van der Waals surface area (Å²) < 4.78 is 5.11. The summed E-state index contributed by atoms with van der Waals surface area (Å²) in [5.41, 5.74) is 0. The molecule has 0 aromatic rings. The highest BCUT2D eigenvalue weighted by Crippen LogP contribution is 2.18. The summed E-state index contributed by atoms with van der Waals surface area (Å²) in [5.74, 6) is 0.875. The van der Waals surface area contributed by atoms with E-state index in [4.69, 9.17) is 4.74 Å². The third-order valence-corrected chi connectivity index (χ3v) is 4.45. The molecule has 0 saturated carbocycles. The second-order valence-corrected chi connectivity index (χ2v) is 6.07. The predicted octanol–water partition coefficient (Wildman–Crippen LogP) is 1.49. The Morgan fingerprint density at radius 2 is 1.80 bits per heavy atom. The monoisotopic (exact) mass is 354 g/mol. The molecule has 0 bridgehead atoms. The molecule has 7 nitrogen and oxygen atoms in total. The predicted molar refractivity (Wildman–Crippen MR) is 99.5 cm³/mol. The summed E-state index contributed by atoms with van der Waals surface area (Å²) >= 11 is 0. The van der Waals surface area contributed by atoms with Gasteiger partial charge in [0.15, 0.2) is 5.96 Å². The Bertz CT molecular complexity index is 442. The zero-order chi connectivity index (χ0) is 18.7. The average Bonchev–Trinajstić information content (AvgIpc) is 2.62. The Labute approximate surface area is 151 Å². The van der Waals surface area contributed by atoms with Crippen molar-refractivity contribution in [2.45, 2.75) is 47.0 Å². The lowest BCUT2D eigenvalue weighted by atomic mass is 9.97. The maximum Gasteiger partial charge on any atom is 0.309 e. The molecule has 0 radical (unpaired) electrons. The van der Waals surface area contributed by atoms with Gasteiger partial charge in [0, 0.05) is 39.1 Å². The molecule has 1 saturated heterocycles. The van der Waals surface area contributed by atoms with Gasteiger partial charge in [-0.3, -0.25) is 14.6 Å². The Morgan fingerprint density at radius 1 is 1.16 bits per heavy atom. The first-order valence-electron chi connectivity index (χ1n) is 9.54. The molecule has 1 heterocycles. The maximum atomic E-state index is 12.1. The minimum atomic E-state index is -0.0890. The lowest BCUT2D eigenvalue weighted by Crippen LogP contribution is -2.46. The van der Waals surface area contributed by atoms with E-state index in [2.05, 4.69) is 15.2 Å². The molecule has 144 valence electrons. The van der Waals surface area contributed by atoms with Gasteiger partial charge < -0.3 is 19.9 Å². The lowest BCUT2D eigenvalue weighted by molar-refractivity contribution is -0.149. The van der Waals surface area contributed by atoms with Crippen LogP contribution in [0.3, 0.4) is 0 Å². The van der Waals surface area contributed by atoms with Crippen LogP contribution in [-0.2, 0) is 14.3 Å². The van der Waals surface area contributed by atoms with Crippen LogP contribution in [0.2, 0.25) is 0 Å². The lowest BCUT2D eigenvalue weighted by Gasteiger charge is -2.33. The molecule has 0 atom stereocenters. The van der Waals surface area contributed by atoms with Crippen LogP contribution in [0.15, 0.2) is 4.99 Å². The summed E-state index contributed by atoms with van der Waals surface area (Å²) in [4.78, 5) is 32.5. The third kappa shape index (κ3) is 6.92. The number of piperidine rings is 1. The number of nitrogens with zero attached hydrogens (tertiary/aromatic N) is 3. The smallest absolute Gasteiger partial charge is 0.309 e. The highest BCUT2D eigenvalue weighted by molar-refractivity contribution is 5.81. The van der Waals surface area contributed by atoms with Gasteiger partial charge in [0.1, 0.15) is 0 Å². The van der Waals surface area contributed by atoms with Crippen LogP contribution in [0.5, 0.6) is 0 Å². The highest BCUT2D eigenvalue weighted by Gasteiger charge is 2.27. The van der Waals surface area contributed by atoms with Gasteiger partial charge in [-0.05, 0) is 40.5 Å². The fourth-order valence-electron chi connectivity index (χ4n) is 3.00. The van der Waals surface area contributed by atoms with Crippen molar-refractivity contribution in [3.63, 3.8) is 0 Å². The fraction of sp³-hybridized carbons (Fsp3) is 0.833. The number of aliphatic imine (C=N–C) groups is 1. The Hall–Kier alpha value is -1.79. The number of ether oxygens (including phenoxy) is 1. The Kier molecular flexibility index (Phi) is 9.96. The van der Waals surface area contributed by atoms with E-state index in [1.807, 2.05) is 32.6 Å². The molecule has 7 heteroatoms. The second kappa shape index (κ2) is 11.7. The summed E-state index contributed by atoms with van der Waals surface area (Å²) in [6, 6.07) is 0. The van der Waals surface area contributed by atoms with Crippen LogP contribution in [-0.4, -0.2) is 73.5 Å². The zero-order valence-electron chi connectivity index (χ0n) is 16.2. The number of rotatable bonds is 8. The van der Waals surface area contributed by atoms with Gasteiger partial charge in [0.05, 0.1) is 19.1 Å². The second-order valence-electron chi connectivity index (χ2n) is 6.07. The molecule has 1 fully saturated rings. The van der Waals surface area contributed by atoms with Gasteiger partial charge >= 0.3 is 5.97 Å². The largest absolute Gasteiger partial charge is 0.466 e. The topological polar surface area (TPSA) is 74.2 Å². The van der Waals surface area contributed by atoms with Gasteiger partial charge in [0.25, 0.3) is 0 Å². The van der Waals surface area contributed by atoms with Crippen molar-refractivity contribution in [1.29, 1.82) is 0 Å². The Morgan fingerprint density at radius 3 is 2.32 bits per heavy atom. The van der Waals surface area contributed by atoms with Crippen LogP contribution in [0.4, 0.5) is 0 Å². The first-order valence-corrected chi connectivity index (χ1v) is 9.54. The van der Waals surface area contributed by atoms with Crippen molar-refractivity contribution < 1.29 is 14.3 Å². The summed E-state index contributed by atoms with van der Waals surface area (Å²) in [6.07, 6.45) is 1.99. The molecular weight excluding hydrogens is 320 g/mol. The molecule has 0 spiro atoms. The number of carbonyl (C=O) groups excluding carboxylic acids is 2. The van der Waals surface area contributed by atoms with Crippen molar-refractivity contribution in [3.05, 3.63) is 0 Å². The summed E-state index contributed by atoms with van der Waals surface area (Å²) in [6.45, 7) is 12.6. The first kappa shape index (κ1) is 21.3. The zero-order valence-corrected chi connectivity index (χ0v) is 16.2. The number of hydrogen-bond acceptors (Lipinski definition) is 4. The number of carbonyl (C=O) groups is 2. The quantitative estimate of drug-likeness (QED) is 0.406. The molecule has 0 aromatic carbocycles. The number of guanidine groups is 1. The van der Waals surface area contributed by atoms with Crippen molar-refractivity contribution in [2.75, 3.05) is 45.9 Å². The summed E-state index contributed by atoms with van der Waals surface area (Å²) in [5, 5.41) is 3.29. The third-order valence-electron chi connectivity index (χ3n) is 4.45. The minimum absolute atomic E-state index is 0.0108. The fourth-order valence-corrected chi connectivity index (χ4v) is 3.00. The van der Waals surface area contributed by atoms with Gasteiger partial charge in [0.2, 0.25) is 5.91 Å². The van der Waals surface area contributed by atoms with E-state index in [1.54, 1.807) is 0 Å². The molecule has 1 amide bonds. The van der Waals surface area contributed by atoms with E-state index in [1.165, 1.54) is 0 Å². The number of amides is 1. The SMILES string of the molecule is CCNC(=NCCC(=O)N(CC)CC)N1CCC(C(=O)OCC)CC1. The minimum Gasteiger partial charge on any atom is -0.466 e. The molecule has 0 unspecified atom stereocenters. The molecule has 25 heavy (non-hydrogen) atoms. The summed E-state index contributed by atoms with van der Waals surface area (Å²) in [7, 11) is 0. The number of hydrogen-bond donors (Lipinski definition) is 1. The average molecular weight is 354 g/mol. The van der Waals surface area contributed by atoms with Crippen molar-refractivity contribution in [2.24, 2.45) is 10.9 Å². The van der Waals surface area contributed by atoms with E-state index in [-0.39, 0.29) is 17.8 Å². The molecule has 1 aliphatic rings. The highest BCUT2D eigenvalue weighted by atomic mass is 16.5. The van der Waals surface area contributed by atoms with Crippen LogP contribution in [0, 0.1) is 5.92 Å². The Balaban J connectivity index is 2.53. The van der Waals surface area contributed by atoms with Gasteiger partial charge in [-0.15, -0.1) is 0 Å². The van der Waals surface area contributed by atoms with Gasteiger partial charge in [-0.25, -0.2) is 0 Å². The molecule has 1 rings (SSSR count). The van der Waals surface area contributed by atoms with Crippen molar-refractivity contribution >= 4 is 17.8 Å². The van der Waals surface area contributed by atoms with Crippen LogP contribution < -0.4 is 5.32 Å². The molecule has 0 aliphatic carbocycles. The van der Waals surface area contributed by atoms with E-state index in [0.29, 0.717) is 19.6 Å². The molecule has 1 N–H and O–H groups in total. The molecule has 0 aromatic heterocycles. The first-order chi connectivity index (χ1) is 12.1. The van der Waals surface area contributed by atoms with Gasteiger partial charge in [-0.2, -0.15) is 0 Å². The van der Waals surface area contributed by atoms with E-state index in [9.17, 15) is 9.59 Å². The van der Waals surface area contributed by atoms with Crippen molar-refractivity contribution in [3.8, 4) is 0 Å². The normalized spacial score (nSPS) is 15.8. The van der Waals surface area contributed by atoms with Crippen LogP contribution >= 0.6 is 0 Å². The van der Waals surface area contributed by atoms with E-state index < -0.39 is 0 Å². The number of esters is 1. The van der Waals surface area contributed by atoms with Crippen LogP contribution in [0.25, 0.3) is 0 Å². The molecular formula is C18H34N4O3. The van der Waals surface area contributed by atoms with Crippen molar-refractivity contribution in [1.82, 2.24) is 15.1 Å². The number of likely N-dealkylation sites (tertiary alicyclic amines) is 1. The van der Waals surface area contributed by atoms with Crippen LogP contribution in [0.1, 0.15) is 47.0 Å². The van der Waals surface area contributed by atoms with E-state index >= 15 is 0 Å².